The van der Waals surface area contributed by atoms with E-state index >= 15 is 0 Å². The highest BCUT2D eigenvalue weighted by Gasteiger charge is 2.25. The number of nitrogens with zero attached hydrogens (tertiary/aromatic N) is 3. The fourth-order valence-electron chi connectivity index (χ4n) is 3.87. The molecule has 1 atom stereocenters. The molecule has 2 aromatic rings. The molecule has 160 valence electrons. The smallest absolute Gasteiger partial charge is 0.238 e. The van der Waals surface area contributed by atoms with Crippen molar-refractivity contribution in [3.63, 3.8) is 0 Å². The van der Waals surface area contributed by atoms with Gasteiger partial charge in [0.1, 0.15) is 0 Å². The van der Waals surface area contributed by atoms with Gasteiger partial charge in [0.25, 0.3) is 0 Å². The molecular formula is C20H30N4O3S2. The van der Waals surface area contributed by atoms with Gasteiger partial charge in [-0.2, -0.15) is 0 Å². The zero-order chi connectivity index (χ0) is 21.0. The number of likely N-dealkylation sites (tertiary alicyclic amines) is 1. The second-order valence-electron chi connectivity index (χ2n) is 7.53. The second-order valence-corrected chi connectivity index (χ2v) is 10.0. The van der Waals surface area contributed by atoms with E-state index in [1.807, 2.05) is 4.90 Å². The number of aromatic nitrogens is 2. The minimum atomic E-state index is -3.78. The van der Waals surface area contributed by atoms with Gasteiger partial charge in [0.15, 0.2) is 5.16 Å². The number of sulfonamides is 1. The molecule has 0 radical (unpaired) electrons. The number of piperidine rings is 1. The number of carbonyl (C=O) groups excluding carboxylic acids is 1. The van der Waals surface area contributed by atoms with Crippen molar-refractivity contribution >= 4 is 38.7 Å². The van der Waals surface area contributed by atoms with E-state index in [0.717, 1.165) is 55.9 Å². The molecule has 1 aromatic carbocycles. The van der Waals surface area contributed by atoms with Crippen LogP contribution < -0.4 is 5.14 Å². The number of hydrogen-bond acceptors (Lipinski definition) is 5. The Kier molecular flexibility index (Phi) is 7.23. The first-order valence-corrected chi connectivity index (χ1v) is 12.8. The fourth-order valence-corrected chi connectivity index (χ4v) is 5.33. The summed E-state index contributed by atoms with van der Waals surface area (Å²) < 4.78 is 25.4. The van der Waals surface area contributed by atoms with Gasteiger partial charge in [0.05, 0.1) is 21.7 Å². The monoisotopic (exact) mass is 438 g/mol. The van der Waals surface area contributed by atoms with E-state index < -0.39 is 10.0 Å². The molecule has 3 rings (SSSR count). The van der Waals surface area contributed by atoms with E-state index in [0.29, 0.717) is 17.3 Å². The molecule has 1 aliphatic heterocycles. The number of fused-ring (bicyclic) bond motifs is 1. The van der Waals surface area contributed by atoms with Crippen LogP contribution in [-0.4, -0.2) is 47.1 Å². The molecule has 0 bridgehead atoms. The number of nitrogens with two attached hydrogens (primary N) is 1. The SMILES string of the molecule is CCCCn1c(SCC(=O)N2CCCCC2CC)nc2cc(S(N)(=O)=O)ccc21. The number of carbonyl (C=O) groups is 1. The predicted octanol–water partition coefficient (Wildman–Crippen LogP) is 3.37. The third kappa shape index (κ3) is 5.13. The Hall–Kier alpha value is -1.58. The molecule has 9 heteroatoms. The maximum atomic E-state index is 12.8. The summed E-state index contributed by atoms with van der Waals surface area (Å²) in [6.07, 6.45) is 6.34. The van der Waals surface area contributed by atoms with E-state index in [1.54, 1.807) is 6.07 Å². The van der Waals surface area contributed by atoms with Crippen LogP contribution in [-0.2, 0) is 21.4 Å². The number of rotatable bonds is 8. The Labute approximate surface area is 177 Å². The lowest BCUT2D eigenvalue weighted by Gasteiger charge is -2.35. The summed E-state index contributed by atoms with van der Waals surface area (Å²) in [5.74, 6) is 0.495. The standard InChI is InChI=1S/C20H30N4O3S2/c1-3-5-11-24-18-10-9-16(29(21,26)27)13-17(18)22-20(24)28-14-19(25)23-12-7-6-8-15(23)4-2/h9-10,13,15H,3-8,11-12,14H2,1-2H3,(H2,21,26,27). The van der Waals surface area contributed by atoms with Crippen LogP contribution in [0.3, 0.4) is 0 Å². The minimum Gasteiger partial charge on any atom is -0.339 e. The summed E-state index contributed by atoms with van der Waals surface area (Å²) in [7, 11) is -3.78. The Morgan fingerprint density at radius 3 is 2.79 bits per heavy atom. The number of thioether (sulfide) groups is 1. The maximum Gasteiger partial charge on any atom is 0.238 e. The van der Waals surface area contributed by atoms with Crippen molar-refractivity contribution in [3.05, 3.63) is 18.2 Å². The lowest BCUT2D eigenvalue weighted by Crippen LogP contribution is -2.44. The molecule has 1 fully saturated rings. The summed E-state index contributed by atoms with van der Waals surface area (Å²) >= 11 is 1.43. The van der Waals surface area contributed by atoms with Gasteiger partial charge in [-0.1, -0.05) is 32.0 Å². The molecule has 2 heterocycles. The number of aryl methyl sites for hydroxylation is 1. The highest BCUT2D eigenvalue weighted by atomic mass is 32.2. The van der Waals surface area contributed by atoms with E-state index in [2.05, 4.69) is 23.4 Å². The molecule has 1 amide bonds. The molecule has 1 saturated heterocycles. The Morgan fingerprint density at radius 2 is 2.10 bits per heavy atom. The first kappa shape index (κ1) is 22.1. The van der Waals surface area contributed by atoms with Crippen LogP contribution in [0.4, 0.5) is 0 Å². The lowest BCUT2D eigenvalue weighted by atomic mass is 10.0. The molecule has 7 nitrogen and oxygen atoms in total. The molecule has 1 unspecified atom stereocenters. The average Bonchev–Trinajstić information content (AvgIpc) is 3.06. The zero-order valence-corrected chi connectivity index (χ0v) is 18.8. The van der Waals surface area contributed by atoms with Crippen LogP contribution in [0.2, 0.25) is 0 Å². The van der Waals surface area contributed by atoms with Crippen molar-refractivity contribution < 1.29 is 13.2 Å². The van der Waals surface area contributed by atoms with Crippen LogP contribution >= 0.6 is 11.8 Å². The van der Waals surface area contributed by atoms with Gasteiger partial charge in [-0.3, -0.25) is 4.79 Å². The zero-order valence-electron chi connectivity index (χ0n) is 17.1. The fraction of sp³-hybridized carbons (Fsp3) is 0.600. The van der Waals surface area contributed by atoms with Crippen LogP contribution in [0.1, 0.15) is 52.4 Å². The second kappa shape index (κ2) is 9.49. The first-order chi connectivity index (χ1) is 13.8. The van der Waals surface area contributed by atoms with Gasteiger partial charge >= 0.3 is 0 Å². The summed E-state index contributed by atoms with van der Waals surface area (Å²) in [5.41, 5.74) is 1.46. The van der Waals surface area contributed by atoms with E-state index in [4.69, 9.17) is 5.14 Å². The first-order valence-electron chi connectivity index (χ1n) is 10.3. The Balaban J connectivity index is 1.84. The van der Waals surface area contributed by atoms with Crippen LogP contribution in [0.25, 0.3) is 11.0 Å². The molecule has 29 heavy (non-hydrogen) atoms. The van der Waals surface area contributed by atoms with Gasteiger partial charge in [-0.25, -0.2) is 18.5 Å². The molecule has 1 aromatic heterocycles. The van der Waals surface area contributed by atoms with Crippen molar-refractivity contribution in [1.29, 1.82) is 0 Å². The quantitative estimate of drug-likeness (QED) is 0.637. The Morgan fingerprint density at radius 1 is 1.31 bits per heavy atom. The van der Waals surface area contributed by atoms with Crippen LogP contribution in [0.15, 0.2) is 28.3 Å². The topological polar surface area (TPSA) is 98.3 Å². The number of primary sulfonamides is 1. The predicted molar refractivity (Wildman–Crippen MR) is 116 cm³/mol. The number of unbranched alkanes of at least 4 members (excludes halogenated alkanes) is 1. The Bertz CT molecular complexity index is 972. The normalized spacial score (nSPS) is 17.8. The van der Waals surface area contributed by atoms with E-state index in [1.165, 1.54) is 30.3 Å². The van der Waals surface area contributed by atoms with Crippen molar-refractivity contribution in [2.24, 2.45) is 5.14 Å². The van der Waals surface area contributed by atoms with Crippen molar-refractivity contribution in [2.75, 3.05) is 12.3 Å². The third-order valence-electron chi connectivity index (χ3n) is 5.49. The lowest BCUT2D eigenvalue weighted by molar-refractivity contribution is -0.132. The van der Waals surface area contributed by atoms with Gasteiger partial charge in [0, 0.05) is 19.1 Å². The highest BCUT2D eigenvalue weighted by Crippen LogP contribution is 2.28. The summed E-state index contributed by atoms with van der Waals surface area (Å²) in [5, 5.41) is 6.01. The molecule has 2 N–H and O–H groups in total. The number of benzene rings is 1. The van der Waals surface area contributed by atoms with Gasteiger partial charge < -0.3 is 9.47 Å². The summed E-state index contributed by atoms with van der Waals surface area (Å²) in [6.45, 7) is 5.87. The highest BCUT2D eigenvalue weighted by molar-refractivity contribution is 7.99. The molecular weight excluding hydrogens is 408 g/mol. The largest absolute Gasteiger partial charge is 0.339 e. The minimum absolute atomic E-state index is 0.0527. The van der Waals surface area contributed by atoms with Crippen LogP contribution in [0.5, 0.6) is 0 Å². The summed E-state index contributed by atoms with van der Waals surface area (Å²) in [6, 6.07) is 5.12. The maximum absolute atomic E-state index is 12.8. The van der Waals surface area contributed by atoms with Gasteiger partial charge in [-0.05, 0) is 50.3 Å². The number of hydrogen-bond donors (Lipinski definition) is 1. The van der Waals surface area contributed by atoms with E-state index in [9.17, 15) is 13.2 Å². The molecule has 0 spiro atoms. The number of imidazole rings is 1. The van der Waals surface area contributed by atoms with Crippen molar-refractivity contribution in [2.45, 2.75) is 75.0 Å². The summed E-state index contributed by atoms with van der Waals surface area (Å²) in [4.78, 5) is 19.5. The van der Waals surface area contributed by atoms with Crippen LogP contribution in [0, 0.1) is 0 Å². The van der Waals surface area contributed by atoms with E-state index in [-0.39, 0.29) is 10.8 Å². The van der Waals surface area contributed by atoms with Crippen molar-refractivity contribution in [3.8, 4) is 0 Å². The third-order valence-corrected chi connectivity index (χ3v) is 7.36. The molecule has 1 aliphatic rings. The van der Waals surface area contributed by atoms with Gasteiger partial charge in [-0.15, -0.1) is 0 Å². The molecule has 0 saturated carbocycles. The molecule has 0 aliphatic carbocycles. The van der Waals surface area contributed by atoms with Gasteiger partial charge in [0.2, 0.25) is 15.9 Å². The number of amides is 1. The average molecular weight is 439 g/mol. The van der Waals surface area contributed by atoms with Crippen molar-refractivity contribution in [1.82, 2.24) is 14.5 Å².